The number of carbonyl (C=O) groups is 1. The van der Waals surface area contributed by atoms with Crippen molar-refractivity contribution in [3.63, 3.8) is 0 Å². The van der Waals surface area contributed by atoms with Crippen molar-refractivity contribution in [1.82, 2.24) is 5.32 Å². The van der Waals surface area contributed by atoms with Crippen LogP contribution in [0.25, 0.3) is 0 Å². The summed E-state index contributed by atoms with van der Waals surface area (Å²) in [4.78, 5) is 10.9. The van der Waals surface area contributed by atoms with Gasteiger partial charge in [-0.1, -0.05) is 0 Å². The average molecular weight is 187 g/mol. The first kappa shape index (κ1) is 10.5. The summed E-state index contributed by atoms with van der Waals surface area (Å²) >= 11 is 0. The molecule has 0 saturated heterocycles. The fourth-order valence-electron chi connectivity index (χ4n) is 1.21. The van der Waals surface area contributed by atoms with Crippen LogP contribution in [0.3, 0.4) is 0 Å². The van der Waals surface area contributed by atoms with E-state index in [-0.39, 0.29) is 24.5 Å². The lowest BCUT2D eigenvalue weighted by atomic mass is 10.1. The predicted octanol–water partition coefficient (Wildman–Crippen LogP) is -0.0884. The molecular weight excluding hydrogens is 170 g/mol. The zero-order valence-corrected chi connectivity index (χ0v) is 8.01. The van der Waals surface area contributed by atoms with E-state index in [9.17, 15) is 4.79 Å². The zero-order chi connectivity index (χ0) is 9.73. The molecule has 0 aliphatic heterocycles. The molecule has 0 aromatic carbocycles. The van der Waals surface area contributed by atoms with Gasteiger partial charge in [-0.05, 0) is 19.8 Å². The summed E-state index contributed by atoms with van der Waals surface area (Å²) in [7, 11) is 0. The average Bonchev–Trinajstić information content (AvgIpc) is 2.86. The van der Waals surface area contributed by atoms with Crippen LogP contribution in [-0.4, -0.2) is 37.4 Å². The standard InChI is InChI=1S/C9H17NO3/c1-2-13-8(12)5-10-6-9(7-11)3-4-9/h10-11H,2-7H2,1H3. The van der Waals surface area contributed by atoms with Gasteiger partial charge in [0.2, 0.25) is 0 Å². The van der Waals surface area contributed by atoms with Crippen molar-refractivity contribution in [2.24, 2.45) is 5.41 Å². The summed E-state index contributed by atoms with van der Waals surface area (Å²) in [5.74, 6) is -0.226. The molecule has 0 amide bonds. The number of aliphatic hydroxyl groups excluding tert-OH is 1. The van der Waals surface area contributed by atoms with E-state index in [0.29, 0.717) is 13.2 Å². The highest BCUT2D eigenvalue weighted by Gasteiger charge is 2.41. The molecular formula is C9H17NO3. The Hall–Kier alpha value is -0.610. The van der Waals surface area contributed by atoms with Crippen molar-refractivity contribution in [3.05, 3.63) is 0 Å². The van der Waals surface area contributed by atoms with Crippen LogP contribution in [-0.2, 0) is 9.53 Å². The molecule has 0 bridgehead atoms. The van der Waals surface area contributed by atoms with Crippen molar-refractivity contribution < 1.29 is 14.6 Å². The molecule has 4 nitrogen and oxygen atoms in total. The van der Waals surface area contributed by atoms with Gasteiger partial charge in [-0.15, -0.1) is 0 Å². The van der Waals surface area contributed by atoms with E-state index in [1.165, 1.54) is 0 Å². The molecule has 0 aromatic heterocycles. The van der Waals surface area contributed by atoms with Gasteiger partial charge in [-0.25, -0.2) is 0 Å². The highest BCUT2D eigenvalue weighted by atomic mass is 16.5. The lowest BCUT2D eigenvalue weighted by Gasteiger charge is -2.11. The van der Waals surface area contributed by atoms with E-state index in [4.69, 9.17) is 9.84 Å². The Bertz CT molecular complexity index is 178. The second kappa shape index (κ2) is 4.58. The number of hydrogen-bond donors (Lipinski definition) is 2. The van der Waals surface area contributed by atoms with Crippen LogP contribution in [0.15, 0.2) is 0 Å². The third-order valence-corrected chi connectivity index (χ3v) is 2.37. The molecule has 1 aliphatic rings. The van der Waals surface area contributed by atoms with Crippen molar-refractivity contribution in [2.75, 3.05) is 26.3 Å². The van der Waals surface area contributed by atoms with Crippen LogP contribution in [0.2, 0.25) is 0 Å². The third-order valence-electron chi connectivity index (χ3n) is 2.37. The van der Waals surface area contributed by atoms with Gasteiger partial charge >= 0.3 is 5.97 Å². The van der Waals surface area contributed by atoms with Gasteiger partial charge in [0.05, 0.1) is 13.2 Å². The Balaban J connectivity index is 2.03. The normalized spacial score (nSPS) is 18.3. The monoisotopic (exact) mass is 187 g/mol. The number of esters is 1. The highest BCUT2D eigenvalue weighted by Crippen LogP contribution is 2.44. The summed E-state index contributed by atoms with van der Waals surface area (Å²) in [5.41, 5.74) is 0.0620. The number of hydrogen-bond acceptors (Lipinski definition) is 4. The van der Waals surface area contributed by atoms with E-state index in [1.54, 1.807) is 6.92 Å². The van der Waals surface area contributed by atoms with Crippen LogP contribution in [0.4, 0.5) is 0 Å². The van der Waals surface area contributed by atoms with Crippen LogP contribution in [0, 0.1) is 5.41 Å². The molecule has 4 heteroatoms. The molecule has 0 heterocycles. The van der Waals surface area contributed by atoms with Crippen molar-refractivity contribution in [1.29, 1.82) is 0 Å². The molecule has 1 fully saturated rings. The molecule has 0 unspecified atom stereocenters. The third kappa shape index (κ3) is 3.32. The van der Waals surface area contributed by atoms with Gasteiger partial charge in [-0.2, -0.15) is 0 Å². The molecule has 1 aliphatic carbocycles. The maximum atomic E-state index is 10.9. The second-order valence-electron chi connectivity index (χ2n) is 3.57. The fraction of sp³-hybridized carbons (Fsp3) is 0.889. The molecule has 76 valence electrons. The lowest BCUT2D eigenvalue weighted by Crippen LogP contribution is -2.31. The molecule has 13 heavy (non-hydrogen) atoms. The Morgan fingerprint density at radius 2 is 2.31 bits per heavy atom. The largest absolute Gasteiger partial charge is 0.465 e. The molecule has 0 radical (unpaired) electrons. The van der Waals surface area contributed by atoms with E-state index >= 15 is 0 Å². The fourth-order valence-corrected chi connectivity index (χ4v) is 1.21. The van der Waals surface area contributed by atoms with Gasteiger partial charge in [0.25, 0.3) is 0 Å². The maximum Gasteiger partial charge on any atom is 0.319 e. The number of nitrogens with one attached hydrogen (secondary N) is 1. The van der Waals surface area contributed by atoms with Crippen molar-refractivity contribution in [3.8, 4) is 0 Å². The minimum absolute atomic E-state index is 0.0620. The summed E-state index contributed by atoms with van der Waals surface area (Å²) in [5, 5.41) is 12.0. The van der Waals surface area contributed by atoms with E-state index < -0.39 is 0 Å². The molecule has 0 aromatic rings. The summed E-state index contributed by atoms with van der Waals surface area (Å²) in [6, 6.07) is 0. The van der Waals surface area contributed by atoms with Crippen LogP contribution >= 0.6 is 0 Å². The first-order valence-electron chi connectivity index (χ1n) is 4.70. The molecule has 0 spiro atoms. The minimum atomic E-state index is -0.226. The summed E-state index contributed by atoms with van der Waals surface area (Å²) in [6.45, 7) is 3.38. The number of rotatable bonds is 6. The smallest absolute Gasteiger partial charge is 0.319 e. The second-order valence-corrected chi connectivity index (χ2v) is 3.57. The quantitative estimate of drug-likeness (QED) is 0.571. The SMILES string of the molecule is CCOC(=O)CNCC1(CO)CC1. The van der Waals surface area contributed by atoms with Gasteiger partial charge in [0, 0.05) is 18.6 Å². The Morgan fingerprint density at radius 1 is 1.62 bits per heavy atom. The van der Waals surface area contributed by atoms with Crippen LogP contribution in [0.1, 0.15) is 19.8 Å². The first-order chi connectivity index (χ1) is 6.22. The van der Waals surface area contributed by atoms with Crippen molar-refractivity contribution >= 4 is 5.97 Å². The zero-order valence-electron chi connectivity index (χ0n) is 8.01. The summed E-state index contributed by atoms with van der Waals surface area (Å²) in [6.07, 6.45) is 2.11. The molecule has 1 rings (SSSR count). The van der Waals surface area contributed by atoms with Gasteiger partial charge in [0.15, 0.2) is 0 Å². The molecule has 1 saturated carbocycles. The first-order valence-corrected chi connectivity index (χ1v) is 4.70. The summed E-state index contributed by atoms with van der Waals surface area (Å²) < 4.78 is 4.75. The Labute approximate surface area is 78.3 Å². The van der Waals surface area contributed by atoms with Crippen LogP contribution in [0.5, 0.6) is 0 Å². The Kier molecular flexibility index (Phi) is 3.69. The number of ether oxygens (including phenoxy) is 1. The van der Waals surface area contributed by atoms with Crippen LogP contribution < -0.4 is 5.32 Å². The van der Waals surface area contributed by atoms with E-state index in [0.717, 1.165) is 12.8 Å². The molecule has 0 atom stereocenters. The van der Waals surface area contributed by atoms with Gasteiger partial charge in [0.1, 0.15) is 0 Å². The van der Waals surface area contributed by atoms with Gasteiger partial charge < -0.3 is 15.2 Å². The van der Waals surface area contributed by atoms with Crippen molar-refractivity contribution in [2.45, 2.75) is 19.8 Å². The lowest BCUT2D eigenvalue weighted by molar-refractivity contribution is -0.142. The Morgan fingerprint density at radius 3 is 2.77 bits per heavy atom. The topological polar surface area (TPSA) is 58.6 Å². The highest BCUT2D eigenvalue weighted by molar-refractivity contribution is 5.71. The number of aliphatic hydroxyl groups is 1. The number of carbonyl (C=O) groups excluding carboxylic acids is 1. The molecule has 2 N–H and O–H groups in total. The van der Waals surface area contributed by atoms with Gasteiger partial charge in [-0.3, -0.25) is 4.79 Å². The van der Waals surface area contributed by atoms with E-state index in [1.807, 2.05) is 0 Å². The predicted molar refractivity (Wildman–Crippen MR) is 48.3 cm³/mol. The maximum absolute atomic E-state index is 10.9. The van der Waals surface area contributed by atoms with E-state index in [2.05, 4.69) is 5.32 Å². The minimum Gasteiger partial charge on any atom is -0.465 e.